The topological polar surface area (TPSA) is 116 Å². The number of fused-ring (bicyclic) bond motifs is 2. The van der Waals surface area contributed by atoms with Gasteiger partial charge in [-0.3, -0.25) is 9.58 Å². The van der Waals surface area contributed by atoms with Gasteiger partial charge in [-0.15, -0.1) is 0 Å². The summed E-state index contributed by atoms with van der Waals surface area (Å²) in [6.45, 7) is 6.56. The van der Waals surface area contributed by atoms with Gasteiger partial charge in [0.25, 0.3) is 0 Å². The maximum absolute atomic E-state index is 13.1. The van der Waals surface area contributed by atoms with Crippen molar-refractivity contribution in [1.29, 1.82) is 0 Å². The highest BCUT2D eigenvalue weighted by Crippen LogP contribution is 2.34. The SMILES string of the molecule is Cc1cc2nn(C)cc2cc1NC(=O)N1CCc2c(N3CCNCC3)ccnc21.O=C(O)C(F)(F)F. The van der Waals surface area contributed by atoms with Gasteiger partial charge in [0.2, 0.25) is 0 Å². The second kappa shape index (κ2) is 10.0. The van der Waals surface area contributed by atoms with Crippen LogP contribution in [0, 0.1) is 6.92 Å². The molecule has 2 amide bonds. The molecule has 1 fully saturated rings. The molecule has 10 nitrogen and oxygen atoms in total. The number of pyridine rings is 1. The van der Waals surface area contributed by atoms with E-state index in [1.54, 1.807) is 9.58 Å². The molecule has 0 atom stereocenters. The minimum Gasteiger partial charge on any atom is -0.475 e. The molecule has 0 bridgehead atoms. The number of alkyl halides is 3. The molecular formula is C23H26F3N7O3. The highest BCUT2D eigenvalue weighted by Gasteiger charge is 2.38. The molecule has 192 valence electrons. The van der Waals surface area contributed by atoms with E-state index in [0.29, 0.717) is 6.54 Å². The lowest BCUT2D eigenvalue weighted by atomic mass is 10.1. The van der Waals surface area contributed by atoms with Crippen LogP contribution in [0.15, 0.2) is 30.6 Å². The van der Waals surface area contributed by atoms with Crippen molar-refractivity contribution in [3.05, 3.63) is 41.7 Å². The zero-order valence-electron chi connectivity index (χ0n) is 19.8. The number of halogens is 3. The van der Waals surface area contributed by atoms with Crippen molar-refractivity contribution in [3.8, 4) is 0 Å². The number of anilines is 3. The number of aryl methyl sites for hydroxylation is 2. The molecule has 2 aliphatic rings. The first-order chi connectivity index (χ1) is 17.0. The van der Waals surface area contributed by atoms with Gasteiger partial charge in [-0.1, -0.05) is 0 Å². The smallest absolute Gasteiger partial charge is 0.475 e. The van der Waals surface area contributed by atoms with Gasteiger partial charge in [-0.2, -0.15) is 18.3 Å². The largest absolute Gasteiger partial charge is 0.490 e. The van der Waals surface area contributed by atoms with Crippen molar-refractivity contribution in [2.24, 2.45) is 7.05 Å². The second-order valence-electron chi connectivity index (χ2n) is 8.53. The van der Waals surface area contributed by atoms with Gasteiger partial charge in [-0.25, -0.2) is 14.6 Å². The number of aliphatic carboxylic acids is 1. The summed E-state index contributed by atoms with van der Waals surface area (Å²) >= 11 is 0. The maximum Gasteiger partial charge on any atom is 0.490 e. The Morgan fingerprint density at radius 2 is 1.86 bits per heavy atom. The molecule has 0 radical (unpaired) electrons. The van der Waals surface area contributed by atoms with E-state index in [1.807, 2.05) is 38.5 Å². The van der Waals surface area contributed by atoms with Crippen LogP contribution in [-0.4, -0.2) is 70.8 Å². The van der Waals surface area contributed by atoms with Crippen molar-refractivity contribution >= 4 is 40.1 Å². The molecule has 0 saturated carbocycles. The van der Waals surface area contributed by atoms with Gasteiger partial charge in [0.05, 0.1) is 5.52 Å². The molecule has 0 aliphatic carbocycles. The van der Waals surface area contributed by atoms with E-state index < -0.39 is 12.1 Å². The number of aromatic nitrogens is 3. The van der Waals surface area contributed by atoms with Crippen LogP contribution in [0.1, 0.15) is 11.1 Å². The Hall–Kier alpha value is -3.87. The zero-order chi connectivity index (χ0) is 26.0. The van der Waals surface area contributed by atoms with Gasteiger partial charge >= 0.3 is 18.2 Å². The number of carboxylic acid groups (broad SMARTS) is 1. The van der Waals surface area contributed by atoms with Gasteiger partial charge < -0.3 is 20.6 Å². The van der Waals surface area contributed by atoms with Crippen LogP contribution in [0.3, 0.4) is 0 Å². The lowest BCUT2D eigenvalue weighted by Gasteiger charge is -2.31. The van der Waals surface area contributed by atoms with E-state index in [9.17, 15) is 18.0 Å². The fourth-order valence-corrected chi connectivity index (χ4v) is 4.29. The van der Waals surface area contributed by atoms with E-state index in [4.69, 9.17) is 9.90 Å². The third kappa shape index (κ3) is 5.35. The van der Waals surface area contributed by atoms with Crippen LogP contribution in [0.25, 0.3) is 10.9 Å². The molecule has 2 aromatic heterocycles. The molecule has 2 aliphatic heterocycles. The third-order valence-electron chi connectivity index (χ3n) is 6.00. The number of piperazine rings is 1. The second-order valence-corrected chi connectivity index (χ2v) is 8.53. The van der Waals surface area contributed by atoms with Crippen molar-refractivity contribution in [2.75, 3.05) is 47.8 Å². The van der Waals surface area contributed by atoms with Crippen molar-refractivity contribution in [2.45, 2.75) is 19.5 Å². The summed E-state index contributed by atoms with van der Waals surface area (Å²) in [6, 6.07) is 5.92. The lowest BCUT2D eigenvalue weighted by Crippen LogP contribution is -2.43. The Labute approximate surface area is 204 Å². The Morgan fingerprint density at radius 1 is 1.17 bits per heavy atom. The number of rotatable bonds is 2. The van der Waals surface area contributed by atoms with E-state index in [0.717, 1.165) is 60.6 Å². The number of urea groups is 1. The average molecular weight is 506 g/mol. The van der Waals surface area contributed by atoms with Crippen LogP contribution in [0.5, 0.6) is 0 Å². The summed E-state index contributed by atoms with van der Waals surface area (Å²) in [7, 11) is 1.90. The molecular weight excluding hydrogens is 479 g/mol. The predicted molar refractivity (Wildman–Crippen MR) is 129 cm³/mol. The summed E-state index contributed by atoms with van der Waals surface area (Å²) < 4.78 is 33.5. The minimum absolute atomic E-state index is 0.139. The number of carbonyl (C=O) groups excluding carboxylic acids is 1. The van der Waals surface area contributed by atoms with Gasteiger partial charge in [-0.05, 0) is 37.1 Å². The van der Waals surface area contributed by atoms with E-state index in [1.165, 1.54) is 11.3 Å². The van der Waals surface area contributed by atoms with Gasteiger partial charge in [0.15, 0.2) is 0 Å². The molecule has 3 N–H and O–H groups in total. The van der Waals surface area contributed by atoms with E-state index in [-0.39, 0.29) is 6.03 Å². The predicted octanol–water partition coefficient (Wildman–Crippen LogP) is 2.91. The molecule has 0 spiro atoms. The molecule has 1 saturated heterocycles. The Kier molecular flexibility index (Phi) is 7.02. The van der Waals surface area contributed by atoms with Crippen molar-refractivity contribution in [1.82, 2.24) is 20.1 Å². The first kappa shape index (κ1) is 25.2. The van der Waals surface area contributed by atoms with E-state index in [2.05, 4.69) is 31.7 Å². The number of amides is 2. The number of carbonyl (C=O) groups is 2. The lowest BCUT2D eigenvalue weighted by molar-refractivity contribution is -0.192. The average Bonchev–Trinajstić information content (AvgIpc) is 3.42. The van der Waals surface area contributed by atoms with Crippen LogP contribution in [-0.2, 0) is 18.3 Å². The summed E-state index contributed by atoms with van der Waals surface area (Å²) in [5, 5.41) is 19.0. The fraction of sp³-hybridized carbons (Fsp3) is 0.391. The number of nitrogens with zero attached hydrogens (tertiary/aromatic N) is 5. The molecule has 4 heterocycles. The standard InChI is InChI=1S/C21H25N7O.C2HF3O2/c1-14-11-18-15(13-26(2)25-18)12-17(14)24-21(29)28-8-4-16-19(3-5-23-20(16)28)27-9-6-22-7-10-27;3-2(4,5)1(6)7/h3,5,11-13,22H,4,6-10H2,1-2H3,(H,24,29);(H,6,7). The molecule has 0 unspecified atom stereocenters. The molecule has 13 heteroatoms. The third-order valence-corrected chi connectivity index (χ3v) is 6.00. The van der Waals surface area contributed by atoms with Gasteiger partial charge in [0, 0.05) is 74.5 Å². The normalized spacial score (nSPS) is 15.4. The van der Waals surface area contributed by atoms with E-state index >= 15 is 0 Å². The molecule has 36 heavy (non-hydrogen) atoms. The monoisotopic (exact) mass is 505 g/mol. The molecule has 3 aromatic rings. The Morgan fingerprint density at radius 3 is 2.53 bits per heavy atom. The first-order valence-electron chi connectivity index (χ1n) is 11.3. The highest BCUT2D eigenvalue weighted by atomic mass is 19.4. The number of hydrogen-bond donors (Lipinski definition) is 3. The van der Waals surface area contributed by atoms with Crippen molar-refractivity contribution < 1.29 is 27.9 Å². The zero-order valence-corrected chi connectivity index (χ0v) is 19.8. The van der Waals surface area contributed by atoms with Crippen LogP contribution in [0.4, 0.5) is 35.2 Å². The minimum atomic E-state index is -5.08. The summed E-state index contributed by atoms with van der Waals surface area (Å²) in [5.41, 5.74) is 5.11. The molecule has 1 aromatic carbocycles. The number of hydrogen-bond acceptors (Lipinski definition) is 6. The quantitative estimate of drug-likeness (QED) is 0.491. The van der Waals surface area contributed by atoms with Crippen LogP contribution < -0.4 is 20.4 Å². The summed E-state index contributed by atoms with van der Waals surface area (Å²) in [4.78, 5) is 30.7. The Bertz CT molecular complexity index is 1290. The number of nitrogens with one attached hydrogen (secondary N) is 2. The summed E-state index contributed by atoms with van der Waals surface area (Å²) in [6.07, 6.45) is -0.484. The van der Waals surface area contributed by atoms with Crippen LogP contribution in [0.2, 0.25) is 0 Å². The molecule has 5 rings (SSSR count). The van der Waals surface area contributed by atoms with Crippen LogP contribution >= 0.6 is 0 Å². The summed E-state index contributed by atoms with van der Waals surface area (Å²) in [5.74, 6) is -1.98. The van der Waals surface area contributed by atoms with Gasteiger partial charge in [0.1, 0.15) is 5.82 Å². The Balaban J connectivity index is 0.000000384. The maximum atomic E-state index is 13.1. The van der Waals surface area contributed by atoms with Crippen molar-refractivity contribution in [3.63, 3.8) is 0 Å². The number of carboxylic acids is 1. The highest BCUT2D eigenvalue weighted by molar-refractivity contribution is 6.04. The fourth-order valence-electron chi connectivity index (χ4n) is 4.29. The first-order valence-corrected chi connectivity index (χ1v) is 11.3. The number of benzene rings is 1.